The fraction of sp³-hybridized carbons (Fsp3) is 0.350. The van der Waals surface area contributed by atoms with E-state index in [-0.39, 0.29) is 18.7 Å². The summed E-state index contributed by atoms with van der Waals surface area (Å²) in [5, 5.41) is 16.3. The molecule has 0 radical (unpaired) electrons. The van der Waals surface area contributed by atoms with E-state index in [2.05, 4.69) is 16.7 Å². The number of β-amino-alcohol motifs (C(OH)–C–C–N with tert-alkyl or cyclic N) is 1. The van der Waals surface area contributed by atoms with Gasteiger partial charge in [-0.25, -0.2) is 0 Å². The molecule has 0 bridgehead atoms. The van der Waals surface area contributed by atoms with Gasteiger partial charge >= 0.3 is 0 Å². The molecular formula is C20H23N3O3. The lowest BCUT2D eigenvalue weighted by molar-refractivity contribution is -0.122. The standard InChI is InChI=1S/C20H23N3O3/c1-20(2)14-10-15-16(11-17(14)23(8-9-24)19(20)25)22-18(21-15)12-4-6-13(26-3)7-5-12/h4-7,10-11,18,21-22,24H,8-9H2,1-3H3. The molecule has 2 aliphatic rings. The molecule has 26 heavy (non-hydrogen) atoms. The smallest absolute Gasteiger partial charge is 0.237 e. The molecule has 1 amide bonds. The summed E-state index contributed by atoms with van der Waals surface area (Å²) in [7, 11) is 1.65. The Morgan fingerprint density at radius 3 is 2.42 bits per heavy atom. The summed E-state index contributed by atoms with van der Waals surface area (Å²) < 4.78 is 5.22. The largest absolute Gasteiger partial charge is 0.497 e. The van der Waals surface area contributed by atoms with E-state index in [9.17, 15) is 9.90 Å². The molecule has 0 saturated carbocycles. The number of amides is 1. The molecule has 6 nitrogen and oxygen atoms in total. The molecule has 2 aliphatic heterocycles. The lowest BCUT2D eigenvalue weighted by Gasteiger charge is -2.19. The van der Waals surface area contributed by atoms with Gasteiger partial charge in [0.15, 0.2) is 0 Å². The predicted molar refractivity (Wildman–Crippen MR) is 102 cm³/mol. The highest BCUT2D eigenvalue weighted by atomic mass is 16.5. The van der Waals surface area contributed by atoms with Crippen molar-refractivity contribution in [3.63, 3.8) is 0 Å². The monoisotopic (exact) mass is 353 g/mol. The second kappa shape index (κ2) is 5.92. The lowest BCUT2D eigenvalue weighted by Crippen LogP contribution is -2.37. The van der Waals surface area contributed by atoms with Crippen LogP contribution < -0.4 is 20.3 Å². The zero-order valence-corrected chi connectivity index (χ0v) is 15.2. The van der Waals surface area contributed by atoms with E-state index >= 15 is 0 Å². The van der Waals surface area contributed by atoms with E-state index in [4.69, 9.17) is 4.74 Å². The SMILES string of the molecule is COc1ccc(C2Nc3cc4c(cc3N2)C(C)(C)C(=O)N4CCO)cc1. The van der Waals surface area contributed by atoms with Gasteiger partial charge in [-0.2, -0.15) is 0 Å². The third-order valence-electron chi connectivity index (χ3n) is 5.25. The topological polar surface area (TPSA) is 73.8 Å². The number of nitrogens with zero attached hydrogens (tertiary/aromatic N) is 1. The number of hydrogen-bond acceptors (Lipinski definition) is 5. The third-order valence-corrected chi connectivity index (χ3v) is 5.25. The summed E-state index contributed by atoms with van der Waals surface area (Å²) in [6.07, 6.45) is -0.0384. The quantitative estimate of drug-likeness (QED) is 0.788. The van der Waals surface area contributed by atoms with Crippen molar-refractivity contribution in [2.45, 2.75) is 25.4 Å². The Hall–Kier alpha value is -2.73. The number of nitrogens with one attached hydrogen (secondary N) is 2. The molecular weight excluding hydrogens is 330 g/mol. The van der Waals surface area contributed by atoms with Crippen LogP contribution in [0.25, 0.3) is 0 Å². The molecule has 6 heteroatoms. The summed E-state index contributed by atoms with van der Waals surface area (Å²) in [6.45, 7) is 4.12. The molecule has 1 atom stereocenters. The molecule has 136 valence electrons. The Morgan fingerprint density at radius 1 is 1.15 bits per heavy atom. The van der Waals surface area contributed by atoms with Gasteiger partial charge in [0, 0.05) is 6.54 Å². The zero-order chi connectivity index (χ0) is 18.5. The van der Waals surface area contributed by atoms with Crippen LogP contribution in [0, 0.1) is 0 Å². The van der Waals surface area contributed by atoms with E-state index < -0.39 is 5.41 Å². The molecule has 1 unspecified atom stereocenters. The number of rotatable bonds is 4. The second-order valence-electron chi connectivity index (χ2n) is 7.22. The first-order valence-corrected chi connectivity index (χ1v) is 8.74. The van der Waals surface area contributed by atoms with Crippen LogP contribution in [0.1, 0.15) is 31.1 Å². The minimum absolute atomic E-state index is 0.0249. The molecule has 0 fully saturated rings. The summed E-state index contributed by atoms with van der Waals surface area (Å²) in [6, 6.07) is 12.0. The summed E-state index contributed by atoms with van der Waals surface area (Å²) in [5.41, 5.74) is 4.30. The number of carbonyl (C=O) groups is 1. The fourth-order valence-corrected chi connectivity index (χ4v) is 3.75. The number of hydrogen-bond donors (Lipinski definition) is 3. The van der Waals surface area contributed by atoms with E-state index in [0.717, 1.165) is 33.9 Å². The maximum atomic E-state index is 12.7. The molecule has 2 aromatic carbocycles. The van der Waals surface area contributed by atoms with Gasteiger partial charge in [-0.15, -0.1) is 0 Å². The minimum Gasteiger partial charge on any atom is -0.497 e. The first kappa shape index (κ1) is 16.7. The number of anilines is 3. The maximum Gasteiger partial charge on any atom is 0.237 e. The Bertz CT molecular complexity index is 861. The molecule has 3 N–H and O–H groups in total. The van der Waals surface area contributed by atoms with Crippen molar-refractivity contribution in [3.8, 4) is 5.75 Å². The van der Waals surface area contributed by atoms with Crippen molar-refractivity contribution in [1.29, 1.82) is 0 Å². The summed E-state index contributed by atoms with van der Waals surface area (Å²) in [5.74, 6) is 0.847. The zero-order valence-electron chi connectivity index (χ0n) is 15.2. The van der Waals surface area contributed by atoms with Crippen LogP contribution in [0.3, 0.4) is 0 Å². The highest BCUT2D eigenvalue weighted by Crippen LogP contribution is 2.48. The predicted octanol–water partition coefficient (Wildman–Crippen LogP) is 2.85. The number of carbonyl (C=O) groups excluding carboxylic acids is 1. The number of benzene rings is 2. The maximum absolute atomic E-state index is 12.7. The van der Waals surface area contributed by atoms with E-state index in [1.54, 1.807) is 12.0 Å². The molecule has 2 aromatic rings. The van der Waals surface area contributed by atoms with E-state index in [0.29, 0.717) is 6.54 Å². The molecule has 0 aromatic heterocycles. The highest BCUT2D eigenvalue weighted by Gasteiger charge is 2.44. The van der Waals surface area contributed by atoms with Crippen LogP contribution in [-0.2, 0) is 10.2 Å². The van der Waals surface area contributed by atoms with Gasteiger partial charge < -0.3 is 25.4 Å². The molecule has 2 heterocycles. The van der Waals surface area contributed by atoms with Crippen molar-refractivity contribution in [2.75, 3.05) is 35.8 Å². The van der Waals surface area contributed by atoms with Crippen LogP contribution in [0.5, 0.6) is 5.75 Å². The van der Waals surface area contributed by atoms with Crippen LogP contribution >= 0.6 is 0 Å². The number of aliphatic hydroxyl groups is 1. The number of ether oxygens (including phenoxy) is 1. The number of fused-ring (bicyclic) bond motifs is 2. The minimum atomic E-state index is -0.598. The van der Waals surface area contributed by atoms with Crippen LogP contribution in [0.15, 0.2) is 36.4 Å². The van der Waals surface area contributed by atoms with Gasteiger partial charge in [0.1, 0.15) is 11.9 Å². The van der Waals surface area contributed by atoms with Crippen LogP contribution in [0.2, 0.25) is 0 Å². The van der Waals surface area contributed by atoms with Gasteiger partial charge in [0.25, 0.3) is 0 Å². The summed E-state index contributed by atoms with van der Waals surface area (Å²) >= 11 is 0. The first-order valence-electron chi connectivity index (χ1n) is 8.74. The Labute approximate surface area is 152 Å². The van der Waals surface area contributed by atoms with Gasteiger partial charge in [-0.05, 0) is 49.2 Å². The number of aliphatic hydroxyl groups excluding tert-OH is 1. The van der Waals surface area contributed by atoms with Crippen molar-refractivity contribution in [2.24, 2.45) is 0 Å². The van der Waals surface area contributed by atoms with Crippen molar-refractivity contribution in [3.05, 3.63) is 47.5 Å². The lowest BCUT2D eigenvalue weighted by atomic mass is 9.86. The van der Waals surface area contributed by atoms with Crippen molar-refractivity contribution >= 4 is 23.0 Å². The Balaban J connectivity index is 1.67. The van der Waals surface area contributed by atoms with E-state index in [1.165, 1.54) is 0 Å². The first-order chi connectivity index (χ1) is 12.5. The van der Waals surface area contributed by atoms with Gasteiger partial charge in [0.2, 0.25) is 5.91 Å². The fourth-order valence-electron chi connectivity index (χ4n) is 3.75. The molecule has 0 saturated heterocycles. The van der Waals surface area contributed by atoms with Crippen molar-refractivity contribution in [1.82, 2.24) is 0 Å². The third kappa shape index (κ3) is 2.41. The van der Waals surface area contributed by atoms with Gasteiger partial charge in [-0.1, -0.05) is 12.1 Å². The average Bonchev–Trinajstić information content (AvgIpc) is 3.14. The second-order valence-corrected chi connectivity index (χ2v) is 7.22. The molecule has 0 aliphatic carbocycles. The average molecular weight is 353 g/mol. The van der Waals surface area contributed by atoms with Crippen LogP contribution in [-0.4, -0.2) is 31.3 Å². The Morgan fingerprint density at radius 2 is 1.81 bits per heavy atom. The highest BCUT2D eigenvalue weighted by molar-refractivity contribution is 6.09. The van der Waals surface area contributed by atoms with Gasteiger partial charge in [-0.3, -0.25) is 4.79 Å². The van der Waals surface area contributed by atoms with E-state index in [1.807, 2.05) is 44.2 Å². The number of methoxy groups -OCH3 is 1. The molecule has 4 rings (SSSR count). The molecule has 0 spiro atoms. The van der Waals surface area contributed by atoms with Crippen LogP contribution in [0.4, 0.5) is 17.1 Å². The Kier molecular flexibility index (Phi) is 3.80. The normalized spacial score (nSPS) is 19.6. The summed E-state index contributed by atoms with van der Waals surface area (Å²) in [4.78, 5) is 14.4. The van der Waals surface area contributed by atoms with Crippen molar-refractivity contribution < 1.29 is 14.6 Å². The van der Waals surface area contributed by atoms with Gasteiger partial charge in [0.05, 0.1) is 36.2 Å².